The van der Waals surface area contributed by atoms with E-state index in [0.717, 1.165) is 16.1 Å². The Hall–Kier alpha value is -5.68. The number of nitrogens with zero attached hydrogens (tertiary/aromatic N) is 2. The molecule has 4 aromatic carbocycles. The van der Waals surface area contributed by atoms with Crippen LogP contribution in [0.15, 0.2) is 103 Å². The Morgan fingerprint density at radius 2 is 1.61 bits per heavy atom. The summed E-state index contributed by atoms with van der Waals surface area (Å²) in [6, 6.07) is 23.6. The quantitative estimate of drug-likeness (QED) is 0.130. The maximum absolute atomic E-state index is 15.3. The van der Waals surface area contributed by atoms with Crippen LogP contribution < -0.4 is 10.2 Å². The lowest BCUT2D eigenvalue weighted by Gasteiger charge is -2.50. The molecule has 2 saturated heterocycles. The first-order valence-corrected chi connectivity index (χ1v) is 18.4. The number of hydrazine groups is 1. The molecule has 8 rings (SSSR count). The van der Waals surface area contributed by atoms with Crippen LogP contribution in [0.3, 0.4) is 0 Å². The number of carbonyl (C=O) groups is 4. The summed E-state index contributed by atoms with van der Waals surface area (Å²) in [7, 11) is 0. The minimum atomic E-state index is -1.56. The fourth-order valence-electron chi connectivity index (χ4n) is 9.20. The monoisotopic (exact) mass is 749 g/mol. The number of aromatic hydroxyl groups is 2. The van der Waals surface area contributed by atoms with Crippen molar-refractivity contribution in [2.75, 3.05) is 18.6 Å². The fraction of sp³-hybridized carbons (Fsp3) is 0.286. The van der Waals surface area contributed by atoms with Gasteiger partial charge in [0.2, 0.25) is 11.8 Å². The molecule has 6 atom stereocenters. The van der Waals surface area contributed by atoms with Gasteiger partial charge in [-0.2, -0.15) is 5.01 Å². The Morgan fingerprint density at radius 3 is 2.31 bits per heavy atom. The molecule has 2 aliphatic heterocycles. The van der Waals surface area contributed by atoms with E-state index in [1.54, 1.807) is 67.6 Å². The second kappa shape index (κ2) is 13.6. The number of amides is 4. The number of imide groups is 2. The third-order valence-corrected chi connectivity index (χ3v) is 11.8. The summed E-state index contributed by atoms with van der Waals surface area (Å²) < 4.78 is 19.7. The van der Waals surface area contributed by atoms with Crippen LogP contribution in [0.4, 0.5) is 10.1 Å². The number of halogens is 2. The number of hydrogen-bond acceptors (Lipinski definition) is 8. The number of phenols is 2. The van der Waals surface area contributed by atoms with Crippen molar-refractivity contribution in [2.24, 2.45) is 23.7 Å². The molecule has 12 heteroatoms. The smallest absolute Gasteiger partial charge is 0.260 e. The van der Waals surface area contributed by atoms with Crippen LogP contribution in [0.5, 0.6) is 17.2 Å². The van der Waals surface area contributed by atoms with Crippen molar-refractivity contribution in [1.29, 1.82) is 0 Å². The highest BCUT2D eigenvalue weighted by molar-refractivity contribution is 6.30. The molecule has 3 N–H and O–H groups in total. The number of rotatable bonds is 9. The molecule has 0 aromatic heterocycles. The van der Waals surface area contributed by atoms with Gasteiger partial charge in [0.25, 0.3) is 11.8 Å². The molecule has 2 heterocycles. The number of carbonyl (C=O) groups excluding carboxylic acids is 4. The van der Waals surface area contributed by atoms with Gasteiger partial charge in [-0.15, -0.1) is 0 Å². The second-order valence-corrected chi connectivity index (χ2v) is 14.7. The zero-order valence-corrected chi connectivity index (χ0v) is 30.0. The first kappa shape index (κ1) is 35.4. The van der Waals surface area contributed by atoms with Gasteiger partial charge >= 0.3 is 0 Å². The average molecular weight is 750 g/mol. The van der Waals surface area contributed by atoms with Crippen LogP contribution in [0.1, 0.15) is 42.4 Å². The molecule has 276 valence electrons. The highest BCUT2D eigenvalue weighted by Gasteiger charge is 2.70. The lowest BCUT2D eigenvalue weighted by molar-refractivity contribution is -0.141. The van der Waals surface area contributed by atoms with E-state index in [-0.39, 0.29) is 55.1 Å². The van der Waals surface area contributed by atoms with Gasteiger partial charge < -0.3 is 14.9 Å². The molecule has 4 aromatic rings. The predicted octanol–water partition coefficient (Wildman–Crippen LogP) is 6.52. The third kappa shape index (κ3) is 5.60. The summed E-state index contributed by atoms with van der Waals surface area (Å²) >= 11 is 6.37. The molecule has 0 unspecified atom stereocenters. The molecule has 54 heavy (non-hydrogen) atoms. The van der Waals surface area contributed by atoms with E-state index in [1.807, 2.05) is 6.08 Å². The number of allylic oxidation sites excluding steroid dienone is 2. The van der Waals surface area contributed by atoms with Crippen LogP contribution in [-0.2, 0) is 31.0 Å². The molecule has 1 saturated carbocycles. The summed E-state index contributed by atoms with van der Waals surface area (Å²) in [5.74, 6) is -5.80. The number of fused-ring (bicyclic) bond motifs is 4. The van der Waals surface area contributed by atoms with Gasteiger partial charge in [-0.25, -0.2) is 4.39 Å². The SMILES string of the molecule is CCOc1cc([C@H]2C3=CC[C@@H]4C(=O)N(CCc5ccc(O)cc5)C(=O)[C@@H]4[C@@H]3C[C@H]3C(=O)N(Nc4ccc(F)cc4)C(=O)[C@@]23c2ccc(Cl)cc2)ccc1O. The number of benzene rings is 4. The van der Waals surface area contributed by atoms with E-state index in [2.05, 4.69) is 5.43 Å². The maximum Gasteiger partial charge on any atom is 0.260 e. The van der Waals surface area contributed by atoms with Crippen LogP contribution in [-0.4, -0.2) is 56.9 Å². The summed E-state index contributed by atoms with van der Waals surface area (Å²) in [5.41, 5.74) is 4.42. The van der Waals surface area contributed by atoms with Crippen molar-refractivity contribution in [3.8, 4) is 17.2 Å². The summed E-state index contributed by atoms with van der Waals surface area (Å²) in [6.07, 6.45) is 2.71. The van der Waals surface area contributed by atoms with E-state index >= 15 is 4.79 Å². The van der Waals surface area contributed by atoms with Gasteiger partial charge in [-0.3, -0.25) is 29.5 Å². The first-order chi connectivity index (χ1) is 26.0. The predicted molar refractivity (Wildman–Crippen MR) is 197 cm³/mol. The van der Waals surface area contributed by atoms with E-state index in [1.165, 1.54) is 35.2 Å². The summed E-state index contributed by atoms with van der Waals surface area (Å²) in [4.78, 5) is 59.8. The summed E-state index contributed by atoms with van der Waals surface area (Å²) in [6.45, 7) is 2.19. The molecule has 0 spiro atoms. The van der Waals surface area contributed by atoms with Crippen molar-refractivity contribution in [2.45, 2.75) is 37.5 Å². The third-order valence-electron chi connectivity index (χ3n) is 11.5. The van der Waals surface area contributed by atoms with E-state index in [4.69, 9.17) is 16.3 Å². The minimum absolute atomic E-state index is 0.0967. The Balaban J connectivity index is 1.27. The molecular weight excluding hydrogens is 713 g/mol. The van der Waals surface area contributed by atoms with Crippen LogP contribution >= 0.6 is 11.6 Å². The fourth-order valence-corrected chi connectivity index (χ4v) is 9.33. The first-order valence-electron chi connectivity index (χ1n) is 18.0. The molecule has 2 aliphatic carbocycles. The van der Waals surface area contributed by atoms with Gasteiger partial charge in [-0.05, 0) is 109 Å². The van der Waals surface area contributed by atoms with Gasteiger partial charge in [0.05, 0.1) is 35.5 Å². The van der Waals surface area contributed by atoms with E-state index in [0.29, 0.717) is 28.3 Å². The molecule has 4 amide bonds. The molecule has 10 nitrogen and oxygen atoms in total. The number of nitrogens with one attached hydrogen (secondary N) is 1. The Kier molecular flexibility index (Phi) is 8.92. The Bertz CT molecular complexity index is 2190. The van der Waals surface area contributed by atoms with Gasteiger partial charge in [0.15, 0.2) is 11.5 Å². The molecular formula is C42H37ClFN3O7. The lowest BCUT2D eigenvalue weighted by Crippen LogP contribution is -2.53. The Morgan fingerprint density at radius 1 is 0.889 bits per heavy atom. The largest absolute Gasteiger partial charge is 0.508 e. The van der Waals surface area contributed by atoms with Crippen LogP contribution in [0.25, 0.3) is 0 Å². The Labute approximate surface area is 315 Å². The topological polar surface area (TPSA) is 136 Å². The zero-order chi connectivity index (χ0) is 37.9. The molecule has 0 bridgehead atoms. The van der Waals surface area contributed by atoms with Gasteiger partial charge in [0.1, 0.15) is 11.6 Å². The lowest BCUT2D eigenvalue weighted by atomic mass is 9.49. The highest BCUT2D eigenvalue weighted by atomic mass is 35.5. The standard InChI is InChI=1S/C42H37ClFN3O7/c1-2-54-35-21-24(5-18-34(35)49)37-30-16-17-31-36(40(52)46(38(31)50)20-19-23-3-14-29(48)15-4-23)32(30)22-33-39(51)47(45-28-12-10-27(44)11-13-28)41(53)42(33,37)25-6-8-26(43)9-7-25/h3-16,18,21,31-33,36-37,45,48-49H,2,17,19-20,22H2,1H3/t31-,32+,33-,36-,37-,42+/m0/s1. The van der Waals surface area contributed by atoms with Gasteiger partial charge in [-0.1, -0.05) is 53.6 Å². The maximum atomic E-state index is 15.3. The summed E-state index contributed by atoms with van der Waals surface area (Å²) in [5, 5.41) is 21.9. The average Bonchev–Trinajstić information content (AvgIpc) is 3.54. The van der Waals surface area contributed by atoms with Crippen molar-refractivity contribution >= 4 is 40.9 Å². The van der Waals surface area contributed by atoms with Gasteiger partial charge in [0, 0.05) is 17.5 Å². The van der Waals surface area contributed by atoms with Crippen molar-refractivity contribution in [3.05, 3.63) is 130 Å². The number of likely N-dealkylation sites (tertiary alicyclic amines) is 1. The molecule has 4 aliphatic rings. The number of anilines is 1. The number of phenolic OH excluding ortho intramolecular Hbond substituents is 2. The normalized spacial score (nSPS) is 26.0. The van der Waals surface area contributed by atoms with Crippen molar-refractivity contribution < 1.29 is 38.5 Å². The highest BCUT2D eigenvalue weighted by Crippen LogP contribution is 2.64. The number of hydrogen-bond donors (Lipinski definition) is 3. The van der Waals surface area contributed by atoms with Crippen molar-refractivity contribution in [3.63, 3.8) is 0 Å². The van der Waals surface area contributed by atoms with E-state index < -0.39 is 52.6 Å². The molecule has 0 radical (unpaired) electrons. The van der Waals surface area contributed by atoms with Crippen molar-refractivity contribution in [1.82, 2.24) is 9.91 Å². The van der Waals surface area contributed by atoms with Crippen LogP contribution in [0.2, 0.25) is 5.02 Å². The van der Waals surface area contributed by atoms with Crippen LogP contribution in [0, 0.1) is 29.5 Å². The second-order valence-electron chi connectivity index (χ2n) is 14.3. The number of ether oxygens (including phenoxy) is 1. The van der Waals surface area contributed by atoms with E-state index in [9.17, 15) is 29.0 Å². The minimum Gasteiger partial charge on any atom is -0.508 e. The zero-order valence-electron chi connectivity index (χ0n) is 29.2. The molecule has 3 fully saturated rings.